The molecule has 0 bridgehead atoms. The fourth-order valence-corrected chi connectivity index (χ4v) is 2.12. The van der Waals surface area contributed by atoms with Crippen LogP contribution in [-0.2, 0) is 9.59 Å². The molecule has 4 atom stereocenters. The van der Waals surface area contributed by atoms with Crippen LogP contribution in [0.3, 0.4) is 0 Å². The van der Waals surface area contributed by atoms with Crippen molar-refractivity contribution in [2.45, 2.75) is 59.0 Å². The number of hydrogen-bond acceptors (Lipinski definition) is 3. The Hall–Kier alpha value is -1.10. The number of carbonyl (C=O) groups is 2. The van der Waals surface area contributed by atoms with E-state index >= 15 is 0 Å². The third-order valence-electron chi connectivity index (χ3n) is 3.94. The van der Waals surface area contributed by atoms with Gasteiger partial charge in [0.15, 0.2) is 5.60 Å². The smallest absolute Gasteiger partial charge is 0.336 e. The molecule has 0 rings (SSSR count). The number of carboxylic acid groups (broad SMARTS) is 2. The van der Waals surface area contributed by atoms with E-state index in [0.717, 1.165) is 6.42 Å². The lowest BCUT2D eigenvalue weighted by Crippen LogP contribution is -2.50. The zero-order valence-electron chi connectivity index (χ0n) is 12.2. The van der Waals surface area contributed by atoms with E-state index in [-0.39, 0.29) is 24.7 Å². The third kappa shape index (κ3) is 4.82. The van der Waals surface area contributed by atoms with Crippen LogP contribution in [-0.4, -0.2) is 32.9 Å². The maximum absolute atomic E-state index is 11.4. The molecule has 0 aliphatic carbocycles. The molecule has 3 N–H and O–H groups in total. The SMILES string of the molecule is CCC(C)CC(C(=O)O)C(O)(CC(C)CC)C(=O)O. The Morgan fingerprint density at radius 1 is 1.05 bits per heavy atom. The Morgan fingerprint density at radius 3 is 1.84 bits per heavy atom. The zero-order valence-corrected chi connectivity index (χ0v) is 12.2. The van der Waals surface area contributed by atoms with Crippen LogP contribution in [0.1, 0.15) is 53.4 Å². The largest absolute Gasteiger partial charge is 0.481 e. The van der Waals surface area contributed by atoms with Crippen LogP contribution < -0.4 is 0 Å². The van der Waals surface area contributed by atoms with Crippen LogP contribution >= 0.6 is 0 Å². The Balaban J connectivity index is 5.27. The number of hydrogen-bond donors (Lipinski definition) is 3. The molecule has 0 aromatic heterocycles. The van der Waals surface area contributed by atoms with E-state index < -0.39 is 23.5 Å². The van der Waals surface area contributed by atoms with Crippen molar-refractivity contribution in [3.05, 3.63) is 0 Å². The monoisotopic (exact) mass is 274 g/mol. The fourth-order valence-electron chi connectivity index (χ4n) is 2.12. The molecular formula is C14H26O5. The lowest BCUT2D eigenvalue weighted by Gasteiger charge is -2.33. The molecule has 0 saturated carbocycles. The van der Waals surface area contributed by atoms with Gasteiger partial charge in [0.2, 0.25) is 0 Å². The summed E-state index contributed by atoms with van der Waals surface area (Å²) >= 11 is 0. The van der Waals surface area contributed by atoms with Crippen molar-refractivity contribution in [1.82, 2.24) is 0 Å². The highest BCUT2D eigenvalue weighted by molar-refractivity contribution is 5.85. The van der Waals surface area contributed by atoms with Crippen LogP contribution in [0, 0.1) is 17.8 Å². The van der Waals surface area contributed by atoms with Crippen molar-refractivity contribution in [2.24, 2.45) is 17.8 Å². The first kappa shape index (κ1) is 17.9. The summed E-state index contributed by atoms with van der Waals surface area (Å²) in [6, 6.07) is 0. The van der Waals surface area contributed by atoms with E-state index in [4.69, 9.17) is 0 Å². The predicted octanol–water partition coefficient (Wildman–Crippen LogP) is 2.38. The number of rotatable bonds is 9. The average molecular weight is 274 g/mol. The fraction of sp³-hybridized carbons (Fsp3) is 0.857. The Bertz CT molecular complexity index is 315. The van der Waals surface area contributed by atoms with E-state index in [1.165, 1.54) is 0 Å². The van der Waals surface area contributed by atoms with E-state index in [1.54, 1.807) is 0 Å². The molecule has 0 aliphatic heterocycles. The second-order valence-corrected chi connectivity index (χ2v) is 5.59. The van der Waals surface area contributed by atoms with E-state index in [1.807, 2.05) is 27.7 Å². The van der Waals surface area contributed by atoms with Crippen molar-refractivity contribution in [3.63, 3.8) is 0 Å². The Morgan fingerprint density at radius 2 is 1.53 bits per heavy atom. The first-order chi connectivity index (χ1) is 8.68. The maximum atomic E-state index is 11.4. The summed E-state index contributed by atoms with van der Waals surface area (Å²) in [4.78, 5) is 22.7. The maximum Gasteiger partial charge on any atom is 0.336 e. The van der Waals surface area contributed by atoms with Crippen LogP contribution in [0.15, 0.2) is 0 Å². The highest BCUT2D eigenvalue weighted by Crippen LogP contribution is 2.33. The summed E-state index contributed by atoms with van der Waals surface area (Å²) in [7, 11) is 0. The second-order valence-electron chi connectivity index (χ2n) is 5.59. The van der Waals surface area contributed by atoms with Crippen molar-refractivity contribution in [3.8, 4) is 0 Å². The van der Waals surface area contributed by atoms with Crippen LogP contribution in [0.5, 0.6) is 0 Å². The molecule has 112 valence electrons. The van der Waals surface area contributed by atoms with Gasteiger partial charge in [0.25, 0.3) is 0 Å². The molecule has 5 heteroatoms. The van der Waals surface area contributed by atoms with Gasteiger partial charge in [-0.1, -0.05) is 40.5 Å². The predicted molar refractivity (Wildman–Crippen MR) is 71.9 cm³/mol. The molecule has 0 fully saturated rings. The number of carboxylic acids is 2. The molecule has 0 aromatic rings. The summed E-state index contributed by atoms with van der Waals surface area (Å²) < 4.78 is 0. The number of aliphatic hydroxyl groups is 1. The molecule has 0 radical (unpaired) electrons. The van der Waals surface area contributed by atoms with Crippen LogP contribution in [0.4, 0.5) is 0 Å². The second kappa shape index (κ2) is 7.48. The van der Waals surface area contributed by atoms with Gasteiger partial charge in [0, 0.05) is 0 Å². The van der Waals surface area contributed by atoms with Gasteiger partial charge in [-0.2, -0.15) is 0 Å². The standard InChI is InChI=1S/C14H26O5/c1-5-9(3)7-11(12(15)16)14(19,13(17)18)8-10(4)6-2/h9-11,19H,5-8H2,1-4H3,(H,15,16)(H,17,18). The third-order valence-corrected chi connectivity index (χ3v) is 3.94. The number of aliphatic carboxylic acids is 2. The lowest BCUT2D eigenvalue weighted by molar-refractivity contribution is -0.178. The molecule has 0 amide bonds. The minimum atomic E-state index is -2.19. The first-order valence-electron chi connectivity index (χ1n) is 6.87. The van der Waals surface area contributed by atoms with E-state index in [0.29, 0.717) is 6.42 Å². The van der Waals surface area contributed by atoms with Gasteiger partial charge in [-0.3, -0.25) is 4.79 Å². The zero-order chi connectivity index (χ0) is 15.2. The topological polar surface area (TPSA) is 94.8 Å². The van der Waals surface area contributed by atoms with Gasteiger partial charge in [0.05, 0.1) is 5.92 Å². The Kier molecular flexibility index (Phi) is 7.05. The van der Waals surface area contributed by atoms with Crippen molar-refractivity contribution in [1.29, 1.82) is 0 Å². The van der Waals surface area contributed by atoms with Crippen LogP contribution in [0.25, 0.3) is 0 Å². The minimum Gasteiger partial charge on any atom is -0.481 e. The van der Waals surface area contributed by atoms with Crippen molar-refractivity contribution in [2.75, 3.05) is 0 Å². The lowest BCUT2D eigenvalue weighted by atomic mass is 9.75. The molecule has 5 nitrogen and oxygen atoms in total. The first-order valence-corrected chi connectivity index (χ1v) is 6.87. The highest BCUT2D eigenvalue weighted by atomic mass is 16.4. The highest BCUT2D eigenvalue weighted by Gasteiger charge is 2.48. The van der Waals surface area contributed by atoms with E-state index in [2.05, 4.69) is 0 Å². The Labute approximate surface area is 114 Å². The van der Waals surface area contributed by atoms with Gasteiger partial charge >= 0.3 is 11.9 Å². The van der Waals surface area contributed by atoms with Gasteiger partial charge in [-0.05, 0) is 24.7 Å². The molecule has 0 aliphatic rings. The average Bonchev–Trinajstić information content (AvgIpc) is 2.34. The summed E-state index contributed by atoms with van der Waals surface area (Å²) in [5, 5.41) is 28.9. The summed E-state index contributed by atoms with van der Waals surface area (Å²) in [6.45, 7) is 7.48. The van der Waals surface area contributed by atoms with Crippen LogP contribution in [0.2, 0.25) is 0 Å². The summed E-state index contributed by atoms with van der Waals surface area (Å²) in [6.07, 6.45) is 1.59. The quantitative estimate of drug-likeness (QED) is 0.600. The van der Waals surface area contributed by atoms with Gasteiger partial charge in [-0.15, -0.1) is 0 Å². The summed E-state index contributed by atoms with van der Waals surface area (Å²) in [5.41, 5.74) is -2.19. The van der Waals surface area contributed by atoms with Gasteiger partial charge in [-0.25, -0.2) is 4.79 Å². The van der Waals surface area contributed by atoms with Crippen molar-refractivity contribution < 1.29 is 24.9 Å². The molecular weight excluding hydrogens is 248 g/mol. The molecule has 0 spiro atoms. The molecule has 0 aromatic carbocycles. The molecule has 4 unspecified atom stereocenters. The normalized spacial score (nSPS) is 19.2. The van der Waals surface area contributed by atoms with Gasteiger partial charge < -0.3 is 15.3 Å². The van der Waals surface area contributed by atoms with Gasteiger partial charge in [0.1, 0.15) is 0 Å². The molecule has 19 heavy (non-hydrogen) atoms. The molecule has 0 saturated heterocycles. The molecule has 0 heterocycles. The minimum absolute atomic E-state index is 0.0355. The van der Waals surface area contributed by atoms with E-state index in [9.17, 15) is 24.9 Å². The van der Waals surface area contributed by atoms with Crippen molar-refractivity contribution >= 4 is 11.9 Å². The summed E-state index contributed by atoms with van der Waals surface area (Å²) in [5.74, 6) is -3.94.